The van der Waals surface area contributed by atoms with Crippen molar-refractivity contribution in [2.45, 2.75) is 71.1 Å². The molecule has 2 aromatic heterocycles. The van der Waals surface area contributed by atoms with Crippen molar-refractivity contribution in [3.05, 3.63) is 65.5 Å². The van der Waals surface area contributed by atoms with Gasteiger partial charge in [0, 0.05) is 44.5 Å². The van der Waals surface area contributed by atoms with Gasteiger partial charge in [-0.1, -0.05) is 55.8 Å². The minimum absolute atomic E-state index is 0.0559. The first-order valence-corrected chi connectivity index (χ1v) is 15.7. The number of pyridine rings is 1. The van der Waals surface area contributed by atoms with Gasteiger partial charge in [0.1, 0.15) is 11.3 Å². The highest BCUT2D eigenvalue weighted by Gasteiger charge is 2.23. The van der Waals surface area contributed by atoms with Crippen LogP contribution in [0.4, 0.5) is 5.82 Å². The lowest BCUT2D eigenvalue weighted by atomic mass is 10.1. The van der Waals surface area contributed by atoms with Gasteiger partial charge in [0.15, 0.2) is 5.82 Å². The van der Waals surface area contributed by atoms with E-state index in [0.29, 0.717) is 57.9 Å². The van der Waals surface area contributed by atoms with E-state index in [9.17, 15) is 14.7 Å². The van der Waals surface area contributed by atoms with Crippen molar-refractivity contribution in [1.82, 2.24) is 24.3 Å². The fraction of sp³-hybridized carbons (Fsp3) is 0.471. The number of likely N-dealkylation sites (tertiary alicyclic amines) is 1. The molecule has 0 atom stereocenters. The minimum Gasteiger partial charge on any atom is -0.469 e. The number of methoxy groups -OCH3 is 1. The number of imidazole rings is 1. The van der Waals surface area contributed by atoms with Crippen LogP contribution in [0.5, 0.6) is 0 Å². The molecule has 0 radical (unpaired) electrons. The second kappa shape index (κ2) is 14.6. The van der Waals surface area contributed by atoms with Gasteiger partial charge in [-0.2, -0.15) is 0 Å². The summed E-state index contributed by atoms with van der Waals surface area (Å²) >= 11 is 0. The Hall–Kier alpha value is -4.02. The zero-order valence-electron chi connectivity index (χ0n) is 25.9. The normalized spacial score (nSPS) is 14.3. The Morgan fingerprint density at radius 3 is 2.61 bits per heavy atom. The number of nitrogens with zero attached hydrogens (tertiary/aromatic N) is 5. The van der Waals surface area contributed by atoms with E-state index >= 15 is 0 Å². The number of rotatable bonds is 13. The van der Waals surface area contributed by atoms with E-state index in [1.54, 1.807) is 0 Å². The number of fused-ring (bicyclic) bond motifs is 3. The van der Waals surface area contributed by atoms with Gasteiger partial charge in [0.25, 0.3) is 0 Å². The van der Waals surface area contributed by atoms with Crippen LogP contribution in [0, 0.1) is 0 Å². The fourth-order valence-corrected chi connectivity index (χ4v) is 6.05. The van der Waals surface area contributed by atoms with Crippen molar-refractivity contribution in [2.75, 3.05) is 39.0 Å². The summed E-state index contributed by atoms with van der Waals surface area (Å²) in [4.78, 5) is 39.2. The van der Waals surface area contributed by atoms with Crippen LogP contribution in [-0.2, 0) is 40.3 Å². The minimum atomic E-state index is -0.294. The van der Waals surface area contributed by atoms with Crippen LogP contribution >= 0.6 is 0 Å². The lowest BCUT2D eigenvalue weighted by molar-refractivity contribution is -0.139. The van der Waals surface area contributed by atoms with Gasteiger partial charge in [-0.05, 0) is 42.9 Å². The number of hydrogen-bond donors (Lipinski definition) is 2. The molecule has 44 heavy (non-hydrogen) atoms. The highest BCUT2D eigenvalue weighted by atomic mass is 16.5. The number of aliphatic hydroxyl groups is 1. The zero-order valence-corrected chi connectivity index (χ0v) is 25.9. The van der Waals surface area contributed by atoms with Crippen molar-refractivity contribution >= 4 is 39.6 Å². The van der Waals surface area contributed by atoms with Gasteiger partial charge < -0.3 is 25.0 Å². The maximum atomic E-state index is 13.7. The average molecular weight is 601 g/mol. The van der Waals surface area contributed by atoms with E-state index in [1.165, 1.54) is 7.11 Å². The number of unbranched alkanes of at least 4 members (excludes halogenated alkanes) is 1. The van der Waals surface area contributed by atoms with Crippen LogP contribution in [0.2, 0.25) is 0 Å². The van der Waals surface area contributed by atoms with E-state index in [2.05, 4.69) is 27.4 Å². The molecule has 0 bridgehead atoms. The Morgan fingerprint density at radius 2 is 1.84 bits per heavy atom. The highest BCUT2D eigenvalue weighted by molar-refractivity contribution is 6.06. The largest absolute Gasteiger partial charge is 0.469 e. The summed E-state index contributed by atoms with van der Waals surface area (Å²) in [5.74, 6) is 1.19. The van der Waals surface area contributed by atoms with Gasteiger partial charge in [-0.15, -0.1) is 0 Å². The molecule has 4 aromatic rings. The molecule has 1 amide bonds. The molecule has 0 unspecified atom stereocenters. The SMILES string of the molecule is CCCCc1nc2c(N)nc3ccccc3c2n1CCCN(Cc1cccc(CC(=O)OC)c1)C(=O)CN1CCC(O)CC1. The van der Waals surface area contributed by atoms with Crippen LogP contribution in [0.3, 0.4) is 0 Å². The number of nitrogens with two attached hydrogens (primary N) is 1. The standard InChI is InChI=1S/C34H44N6O4/c1-3-4-13-29-37-32-33(27-11-5-6-12-28(27)36-34(32)35)40(29)17-8-16-39(30(42)23-38-18-14-26(41)15-19-38)22-25-10-7-9-24(20-25)21-31(43)44-2/h5-7,9-12,20,26,41H,3-4,8,13-19,21-23H2,1-2H3,(H2,35,36). The summed E-state index contributed by atoms with van der Waals surface area (Å²) < 4.78 is 7.12. The molecule has 5 rings (SSSR count). The second-order valence-electron chi connectivity index (χ2n) is 11.7. The third-order valence-corrected chi connectivity index (χ3v) is 8.46. The molecule has 1 aliphatic rings. The topological polar surface area (TPSA) is 127 Å². The number of amides is 1. The van der Waals surface area contributed by atoms with Gasteiger partial charge >= 0.3 is 5.97 Å². The molecule has 1 aliphatic heterocycles. The highest BCUT2D eigenvalue weighted by Crippen LogP contribution is 2.29. The number of hydrogen-bond acceptors (Lipinski definition) is 8. The number of carbonyl (C=O) groups is 2. The Kier molecular flexibility index (Phi) is 10.4. The van der Waals surface area contributed by atoms with E-state index < -0.39 is 0 Å². The van der Waals surface area contributed by atoms with Crippen molar-refractivity contribution in [2.24, 2.45) is 0 Å². The first kappa shape index (κ1) is 31.4. The van der Waals surface area contributed by atoms with Crippen LogP contribution < -0.4 is 5.73 Å². The molecule has 0 aliphatic carbocycles. The third kappa shape index (κ3) is 7.54. The molecule has 2 aromatic carbocycles. The predicted molar refractivity (Wildman–Crippen MR) is 172 cm³/mol. The molecule has 3 heterocycles. The Bertz CT molecular complexity index is 1590. The monoisotopic (exact) mass is 600 g/mol. The third-order valence-electron chi connectivity index (χ3n) is 8.46. The maximum Gasteiger partial charge on any atom is 0.309 e. The fourth-order valence-electron chi connectivity index (χ4n) is 6.05. The molecule has 234 valence electrons. The number of anilines is 1. The number of aromatic nitrogens is 3. The smallest absolute Gasteiger partial charge is 0.309 e. The number of ether oxygens (including phenoxy) is 1. The van der Waals surface area contributed by atoms with E-state index in [4.69, 9.17) is 15.5 Å². The zero-order chi connectivity index (χ0) is 31.1. The number of nitrogen functional groups attached to an aromatic ring is 1. The van der Waals surface area contributed by atoms with Crippen molar-refractivity contribution in [3.63, 3.8) is 0 Å². The molecular formula is C34H44N6O4. The van der Waals surface area contributed by atoms with Crippen LogP contribution in [-0.4, -0.2) is 80.7 Å². The molecule has 10 heteroatoms. The second-order valence-corrected chi connectivity index (χ2v) is 11.7. The Balaban J connectivity index is 1.39. The number of esters is 1. The van der Waals surface area contributed by atoms with Gasteiger partial charge in [0.05, 0.1) is 37.2 Å². The summed E-state index contributed by atoms with van der Waals surface area (Å²) in [7, 11) is 1.39. The summed E-state index contributed by atoms with van der Waals surface area (Å²) in [5, 5.41) is 11.0. The summed E-state index contributed by atoms with van der Waals surface area (Å²) in [5.41, 5.74) is 10.8. The summed E-state index contributed by atoms with van der Waals surface area (Å²) in [6, 6.07) is 15.8. The lowest BCUT2D eigenvalue weighted by Gasteiger charge is -2.31. The van der Waals surface area contributed by atoms with Gasteiger partial charge in [-0.3, -0.25) is 14.5 Å². The number of carbonyl (C=O) groups excluding carboxylic acids is 2. The first-order chi connectivity index (χ1) is 21.4. The summed E-state index contributed by atoms with van der Waals surface area (Å²) in [6.07, 6.45) is 4.92. The Morgan fingerprint density at radius 1 is 1.07 bits per heavy atom. The molecule has 3 N–H and O–H groups in total. The molecule has 1 fully saturated rings. The number of benzene rings is 2. The lowest BCUT2D eigenvalue weighted by Crippen LogP contribution is -2.44. The van der Waals surface area contributed by atoms with E-state index in [-0.39, 0.29) is 24.4 Å². The molecule has 1 saturated heterocycles. The van der Waals surface area contributed by atoms with Crippen molar-refractivity contribution in [1.29, 1.82) is 0 Å². The molecular weight excluding hydrogens is 556 g/mol. The van der Waals surface area contributed by atoms with Crippen LogP contribution in [0.25, 0.3) is 21.9 Å². The maximum absolute atomic E-state index is 13.7. The van der Waals surface area contributed by atoms with Crippen LogP contribution in [0.15, 0.2) is 48.5 Å². The van der Waals surface area contributed by atoms with E-state index in [1.807, 2.05) is 47.4 Å². The van der Waals surface area contributed by atoms with Crippen molar-refractivity contribution in [3.8, 4) is 0 Å². The van der Waals surface area contributed by atoms with Gasteiger partial charge in [-0.25, -0.2) is 9.97 Å². The first-order valence-electron chi connectivity index (χ1n) is 15.7. The van der Waals surface area contributed by atoms with Gasteiger partial charge in [0.2, 0.25) is 5.91 Å². The number of piperidine rings is 1. The quantitative estimate of drug-likeness (QED) is 0.220. The number of aryl methyl sites for hydroxylation is 2. The van der Waals surface area contributed by atoms with Crippen molar-refractivity contribution < 1.29 is 19.4 Å². The van der Waals surface area contributed by atoms with E-state index in [0.717, 1.165) is 64.6 Å². The number of para-hydroxylation sites is 1. The average Bonchev–Trinajstić information content (AvgIpc) is 3.40. The molecule has 0 spiro atoms. The predicted octanol–water partition coefficient (Wildman–Crippen LogP) is 4.10. The molecule has 10 nitrogen and oxygen atoms in total. The molecule has 0 saturated carbocycles. The Labute approximate surface area is 258 Å². The summed E-state index contributed by atoms with van der Waals surface area (Å²) in [6.45, 7) is 5.59. The number of aliphatic hydroxyl groups excluding tert-OH is 1. The van der Waals surface area contributed by atoms with Crippen LogP contribution in [0.1, 0.15) is 56.0 Å².